The minimum atomic E-state index is -0.469. The number of piperidine rings is 2. The number of hydrogen-bond acceptors (Lipinski definition) is 8. The summed E-state index contributed by atoms with van der Waals surface area (Å²) in [6, 6.07) is 9.71. The molecule has 0 aliphatic carbocycles. The second-order valence-electron chi connectivity index (χ2n) is 10.8. The van der Waals surface area contributed by atoms with Crippen LogP contribution in [0.2, 0.25) is 0 Å². The van der Waals surface area contributed by atoms with Gasteiger partial charge in [-0.05, 0) is 64.7 Å². The van der Waals surface area contributed by atoms with E-state index in [9.17, 15) is 9.90 Å². The Morgan fingerprint density at radius 3 is 2.36 bits per heavy atom. The van der Waals surface area contributed by atoms with Gasteiger partial charge in [-0.1, -0.05) is 12.1 Å². The highest BCUT2D eigenvalue weighted by Gasteiger charge is 2.32. The molecule has 0 saturated carbocycles. The van der Waals surface area contributed by atoms with Gasteiger partial charge in [-0.25, -0.2) is 4.79 Å². The van der Waals surface area contributed by atoms with Gasteiger partial charge >= 0.3 is 6.09 Å². The SMILES string of the molecule is CC(C)(C)OC(=O)N1CCC(N2CCC(n3nc(N)c4nnc(-c5ccccc5O)cc43)CC2)CC1. The Labute approximate surface area is 211 Å². The van der Waals surface area contributed by atoms with E-state index in [1.807, 2.05) is 48.6 Å². The van der Waals surface area contributed by atoms with Crippen LogP contribution in [0.3, 0.4) is 0 Å². The number of ether oxygens (including phenoxy) is 1. The Hall–Kier alpha value is -3.40. The third-order valence-electron chi connectivity index (χ3n) is 7.14. The molecule has 36 heavy (non-hydrogen) atoms. The van der Waals surface area contributed by atoms with Crippen molar-refractivity contribution in [3.05, 3.63) is 30.3 Å². The van der Waals surface area contributed by atoms with Gasteiger partial charge in [0.1, 0.15) is 11.4 Å². The fourth-order valence-electron chi connectivity index (χ4n) is 5.29. The normalized spacial score (nSPS) is 18.6. The molecular weight excluding hydrogens is 458 g/mol. The molecule has 2 saturated heterocycles. The molecule has 3 aromatic rings. The second-order valence-corrected chi connectivity index (χ2v) is 10.8. The van der Waals surface area contributed by atoms with Crippen molar-refractivity contribution in [3.63, 3.8) is 0 Å². The first kappa shape index (κ1) is 24.3. The lowest BCUT2D eigenvalue weighted by molar-refractivity contribution is 0.0119. The van der Waals surface area contributed by atoms with E-state index in [0.29, 0.717) is 28.6 Å². The fourth-order valence-corrected chi connectivity index (χ4v) is 5.29. The molecule has 0 spiro atoms. The number of aromatic hydroxyl groups is 1. The van der Waals surface area contributed by atoms with E-state index in [1.165, 1.54) is 0 Å². The summed E-state index contributed by atoms with van der Waals surface area (Å²) in [5, 5.41) is 23.5. The number of phenolic OH excluding ortho intramolecular Hbond substituents is 1. The third kappa shape index (κ3) is 4.95. The van der Waals surface area contributed by atoms with Crippen LogP contribution in [0.25, 0.3) is 22.3 Å². The van der Waals surface area contributed by atoms with Crippen LogP contribution in [-0.2, 0) is 4.74 Å². The number of nitrogen functional groups attached to an aromatic ring is 1. The van der Waals surface area contributed by atoms with Crippen molar-refractivity contribution in [2.45, 2.75) is 64.1 Å². The zero-order valence-electron chi connectivity index (χ0n) is 21.2. The Morgan fingerprint density at radius 2 is 1.69 bits per heavy atom. The van der Waals surface area contributed by atoms with Crippen molar-refractivity contribution >= 4 is 22.9 Å². The van der Waals surface area contributed by atoms with Crippen LogP contribution in [0.15, 0.2) is 30.3 Å². The summed E-state index contributed by atoms with van der Waals surface area (Å²) in [5.41, 5.74) is 8.37. The predicted octanol–water partition coefficient (Wildman–Crippen LogP) is 3.82. The Bertz CT molecular complexity index is 1240. The van der Waals surface area contributed by atoms with Gasteiger partial charge in [-0.2, -0.15) is 5.10 Å². The average Bonchev–Trinajstić information content (AvgIpc) is 3.19. The van der Waals surface area contributed by atoms with Crippen LogP contribution in [0, 0.1) is 0 Å². The number of carbonyl (C=O) groups is 1. The van der Waals surface area contributed by atoms with E-state index < -0.39 is 5.60 Å². The molecular formula is C26H35N7O3. The molecule has 192 valence electrons. The van der Waals surface area contributed by atoms with E-state index in [2.05, 4.69) is 20.2 Å². The van der Waals surface area contributed by atoms with Gasteiger partial charge in [-0.15, -0.1) is 10.2 Å². The highest BCUT2D eigenvalue weighted by Crippen LogP contribution is 2.33. The first-order valence-corrected chi connectivity index (χ1v) is 12.7. The summed E-state index contributed by atoms with van der Waals surface area (Å²) in [6.07, 6.45) is 3.62. The Morgan fingerprint density at radius 1 is 1.03 bits per heavy atom. The summed E-state index contributed by atoms with van der Waals surface area (Å²) >= 11 is 0. The number of carbonyl (C=O) groups excluding carboxylic acids is 1. The van der Waals surface area contributed by atoms with Crippen molar-refractivity contribution < 1.29 is 14.6 Å². The van der Waals surface area contributed by atoms with Crippen LogP contribution in [-0.4, -0.2) is 78.8 Å². The highest BCUT2D eigenvalue weighted by molar-refractivity contribution is 5.87. The molecule has 10 nitrogen and oxygen atoms in total. The van der Waals surface area contributed by atoms with E-state index in [4.69, 9.17) is 10.5 Å². The molecule has 5 rings (SSSR count). The lowest BCUT2D eigenvalue weighted by Crippen LogP contribution is -2.50. The fraction of sp³-hybridized carbons (Fsp3) is 0.538. The van der Waals surface area contributed by atoms with Gasteiger partial charge < -0.3 is 25.4 Å². The number of fused-ring (bicyclic) bond motifs is 1. The van der Waals surface area contributed by atoms with E-state index in [-0.39, 0.29) is 17.9 Å². The first-order valence-electron chi connectivity index (χ1n) is 12.7. The minimum absolute atomic E-state index is 0.163. The number of anilines is 1. The summed E-state index contributed by atoms with van der Waals surface area (Å²) in [5.74, 6) is 0.537. The number of benzene rings is 1. The quantitative estimate of drug-likeness (QED) is 0.565. The van der Waals surface area contributed by atoms with Crippen molar-refractivity contribution in [1.82, 2.24) is 29.8 Å². The molecule has 1 aromatic carbocycles. The monoisotopic (exact) mass is 493 g/mol. The molecule has 3 N–H and O–H groups in total. The molecule has 4 heterocycles. The number of nitrogens with zero attached hydrogens (tertiary/aromatic N) is 6. The molecule has 0 unspecified atom stereocenters. The molecule has 0 atom stereocenters. The molecule has 0 bridgehead atoms. The minimum Gasteiger partial charge on any atom is -0.507 e. The van der Waals surface area contributed by atoms with Gasteiger partial charge in [0.05, 0.1) is 17.3 Å². The number of phenols is 1. The van der Waals surface area contributed by atoms with Crippen LogP contribution >= 0.6 is 0 Å². The number of hydrogen-bond donors (Lipinski definition) is 2. The van der Waals surface area contributed by atoms with Gasteiger partial charge in [0.15, 0.2) is 11.3 Å². The van der Waals surface area contributed by atoms with Gasteiger partial charge in [0.2, 0.25) is 0 Å². The molecule has 0 radical (unpaired) electrons. The Kier molecular flexibility index (Phi) is 6.46. The predicted molar refractivity (Wildman–Crippen MR) is 138 cm³/mol. The van der Waals surface area contributed by atoms with Crippen molar-refractivity contribution in [3.8, 4) is 17.0 Å². The molecule has 10 heteroatoms. The molecule has 2 aromatic heterocycles. The summed E-state index contributed by atoms with van der Waals surface area (Å²) in [4.78, 5) is 16.8. The molecule has 2 aliphatic heterocycles. The van der Waals surface area contributed by atoms with Gasteiger partial charge in [-0.3, -0.25) is 4.68 Å². The van der Waals surface area contributed by atoms with Crippen molar-refractivity contribution in [1.29, 1.82) is 0 Å². The van der Waals surface area contributed by atoms with Crippen molar-refractivity contribution in [2.24, 2.45) is 0 Å². The average molecular weight is 494 g/mol. The standard InChI is InChI=1S/C26H35N7O3/c1-26(2,3)36-25(35)32-14-8-17(9-15-32)31-12-10-18(11-13-31)33-21-16-20(19-6-4-5-7-22(19)34)28-29-23(21)24(27)30-33/h4-7,16-18,34H,8-15H2,1-3H3,(H2,27,30). The zero-order valence-corrected chi connectivity index (χ0v) is 21.2. The second kappa shape index (κ2) is 9.57. The summed E-state index contributed by atoms with van der Waals surface area (Å²) in [7, 11) is 0. The molecule has 1 amide bonds. The smallest absolute Gasteiger partial charge is 0.410 e. The zero-order chi connectivity index (χ0) is 25.4. The maximum Gasteiger partial charge on any atom is 0.410 e. The summed E-state index contributed by atoms with van der Waals surface area (Å²) < 4.78 is 7.52. The first-order chi connectivity index (χ1) is 17.2. The number of rotatable bonds is 3. The number of likely N-dealkylation sites (tertiary alicyclic amines) is 2. The largest absolute Gasteiger partial charge is 0.507 e. The highest BCUT2D eigenvalue weighted by atomic mass is 16.6. The molecule has 2 fully saturated rings. The molecule has 2 aliphatic rings. The van der Waals surface area contributed by atoms with E-state index in [0.717, 1.165) is 57.4 Å². The van der Waals surface area contributed by atoms with Crippen LogP contribution < -0.4 is 5.73 Å². The van der Waals surface area contributed by atoms with E-state index in [1.54, 1.807) is 12.1 Å². The van der Waals surface area contributed by atoms with Gasteiger partial charge in [0.25, 0.3) is 0 Å². The number of aromatic nitrogens is 4. The number of amides is 1. The maximum absolute atomic E-state index is 12.4. The van der Waals surface area contributed by atoms with Crippen LogP contribution in [0.1, 0.15) is 52.5 Å². The topological polar surface area (TPSA) is 123 Å². The third-order valence-corrected chi connectivity index (χ3v) is 7.14. The van der Waals surface area contributed by atoms with Crippen molar-refractivity contribution in [2.75, 3.05) is 31.9 Å². The Balaban J connectivity index is 1.24. The number of para-hydroxylation sites is 1. The lowest BCUT2D eigenvalue weighted by Gasteiger charge is -2.42. The number of nitrogens with two attached hydrogens (primary N) is 1. The van der Waals surface area contributed by atoms with Crippen LogP contribution in [0.4, 0.5) is 10.6 Å². The maximum atomic E-state index is 12.4. The van der Waals surface area contributed by atoms with Crippen LogP contribution in [0.5, 0.6) is 5.75 Å². The summed E-state index contributed by atoms with van der Waals surface area (Å²) in [6.45, 7) is 9.09. The van der Waals surface area contributed by atoms with E-state index >= 15 is 0 Å². The lowest BCUT2D eigenvalue weighted by atomic mass is 9.98. The van der Waals surface area contributed by atoms with Gasteiger partial charge in [0, 0.05) is 37.8 Å².